The number of aromatic amines is 1. The van der Waals surface area contributed by atoms with Gasteiger partial charge >= 0.3 is 0 Å². The molecule has 19 heavy (non-hydrogen) atoms. The number of halogens is 3. The minimum atomic E-state index is -0.352. The number of anilines is 1. The molecule has 2 N–H and O–H groups in total. The Morgan fingerprint density at radius 2 is 1.74 bits per heavy atom. The van der Waals surface area contributed by atoms with E-state index in [-0.39, 0.29) is 11.5 Å². The van der Waals surface area contributed by atoms with E-state index in [2.05, 4.69) is 58.1 Å². The van der Waals surface area contributed by atoms with Crippen molar-refractivity contribution in [3.8, 4) is 0 Å². The van der Waals surface area contributed by atoms with Crippen molar-refractivity contribution >= 4 is 59.4 Å². The normalized spacial score (nSPS) is 10.3. The van der Waals surface area contributed by atoms with E-state index in [1.54, 1.807) is 0 Å². The second-order valence-corrected chi connectivity index (χ2v) is 6.26. The summed E-state index contributed by atoms with van der Waals surface area (Å²) in [6, 6.07) is 6.42. The summed E-state index contributed by atoms with van der Waals surface area (Å²) >= 11 is 10.1. The molecule has 1 heterocycles. The lowest BCUT2D eigenvalue weighted by Gasteiger charge is -2.10. The fourth-order valence-electron chi connectivity index (χ4n) is 1.43. The van der Waals surface area contributed by atoms with Crippen LogP contribution in [0.5, 0.6) is 0 Å². The van der Waals surface area contributed by atoms with Crippen molar-refractivity contribution < 1.29 is 4.79 Å². The highest BCUT2D eigenvalue weighted by atomic mass is 79.9. The van der Waals surface area contributed by atoms with Crippen molar-refractivity contribution in [3.63, 3.8) is 0 Å². The predicted octanol–water partition coefficient (Wildman–Crippen LogP) is 3.91. The number of H-pyrrole nitrogens is 1. The lowest BCUT2D eigenvalue weighted by atomic mass is 10.2. The van der Waals surface area contributed by atoms with Crippen LogP contribution in [0.15, 0.2) is 48.7 Å². The molecule has 0 unspecified atom stereocenters. The standard InChI is InChI=1S/C12H7Br3N2O2/c13-7-4-8(14)11(9(15)5-7)17-12(19)6-1-2-16-10(18)3-6/h1-5H,(H,16,18)(H,17,19). The van der Waals surface area contributed by atoms with Crippen LogP contribution < -0.4 is 10.9 Å². The Bertz CT molecular complexity index is 674. The number of rotatable bonds is 2. The summed E-state index contributed by atoms with van der Waals surface area (Å²) in [4.78, 5) is 25.7. The van der Waals surface area contributed by atoms with Gasteiger partial charge in [-0.2, -0.15) is 0 Å². The third-order valence-corrected chi connectivity index (χ3v) is 3.99. The first-order valence-electron chi connectivity index (χ1n) is 5.12. The zero-order chi connectivity index (χ0) is 14.0. The highest BCUT2D eigenvalue weighted by Gasteiger charge is 2.12. The maximum atomic E-state index is 12.0. The highest BCUT2D eigenvalue weighted by Crippen LogP contribution is 2.34. The van der Waals surface area contributed by atoms with E-state index in [0.29, 0.717) is 11.3 Å². The monoisotopic (exact) mass is 448 g/mol. The van der Waals surface area contributed by atoms with Crippen LogP contribution in [0.25, 0.3) is 0 Å². The van der Waals surface area contributed by atoms with Crippen LogP contribution in [0.2, 0.25) is 0 Å². The number of carbonyl (C=O) groups is 1. The van der Waals surface area contributed by atoms with Gasteiger partial charge in [-0.25, -0.2) is 0 Å². The molecule has 1 aromatic carbocycles. The maximum Gasteiger partial charge on any atom is 0.255 e. The molecule has 0 radical (unpaired) electrons. The van der Waals surface area contributed by atoms with Gasteiger partial charge < -0.3 is 10.3 Å². The van der Waals surface area contributed by atoms with Gasteiger partial charge in [0.15, 0.2) is 0 Å². The molecule has 7 heteroatoms. The molecule has 0 aliphatic carbocycles. The maximum absolute atomic E-state index is 12.0. The molecule has 98 valence electrons. The Labute approximate surface area is 134 Å². The number of pyridine rings is 1. The quantitative estimate of drug-likeness (QED) is 0.728. The first kappa shape index (κ1) is 14.5. The fourth-order valence-corrected chi connectivity index (χ4v) is 3.89. The first-order chi connectivity index (χ1) is 8.97. The van der Waals surface area contributed by atoms with Gasteiger partial charge in [-0.1, -0.05) is 15.9 Å². The smallest absolute Gasteiger partial charge is 0.255 e. The van der Waals surface area contributed by atoms with E-state index in [1.807, 2.05) is 12.1 Å². The molecule has 0 aliphatic rings. The molecule has 0 aliphatic heterocycles. The van der Waals surface area contributed by atoms with Gasteiger partial charge in [-0.05, 0) is 50.1 Å². The number of carbonyl (C=O) groups excluding carboxylic acids is 1. The van der Waals surface area contributed by atoms with E-state index in [1.165, 1.54) is 18.3 Å². The van der Waals surface area contributed by atoms with Crippen molar-refractivity contribution in [3.05, 3.63) is 59.8 Å². The van der Waals surface area contributed by atoms with Crippen LogP contribution in [-0.2, 0) is 0 Å². The summed E-state index contributed by atoms with van der Waals surface area (Å²) in [7, 11) is 0. The van der Waals surface area contributed by atoms with E-state index < -0.39 is 0 Å². The van der Waals surface area contributed by atoms with Gasteiger partial charge in [0.2, 0.25) is 5.56 Å². The molecule has 0 atom stereocenters. The molecule has 0 spiro atoms. The topological polar surface area (TPSA) is 62.0 Å². The molecule has 0 fully saturated rings. The molecule has 0 saturated heterocycles. The Morgan fingerprint density at radius 3 is 2.32 bits per heavy atom. The largest absolute Gasteiger partial charge is 0.329 e. The molecule has 4 nitrogen and oxygen atoms in total. The minimum Gasteiger partial charge on any atom is -0.329 e. The van der Waals surface area contributed by atoms with Crippen molar-refractivity contribution in [2.75, 3.05) is 5.32 Å². The Hall–Kier alpha value is -0.920. The van der Waals surface area contributed by atoms with Crippen molar-refractivity contribution in [2.45, 2.75) is 0 Å². The van der Waals surface area contributed by atoms with Crippen molar-refractivity contribution in [1.82, 2.24) is 4.98 Å². The number of amides is 1. The van der Waals surface area contributed by atoms with Crippen LogP contribution in [0.3, 0.4) is 0 Å². The SMILES string of the molecule is O=C(Nc1c(Br)cc(Br)cc1Br)c1cc[nH]c(=O)c1. The number of hydrogen-bond donors (Lipinski definition) is 2. The number of hydrogen-bond acceptors (Lipinski definition) is 2. The zero-order valence-electron chi connectivity index (χ0n) is 9.34. The highest BCUT2D eigenvalue weighted by molar-refractivity contribution is 9.11. The predicted molar refractivity (Wildman–Crippen MR) is 84.6 cm³/mol. The summed E-state index contributed by atoms with van der Waals surface area (Å²) in [5.41, 5.74) is 0.584. The van der Waals surface area contributed by atoms with Crippen LogP contribution in [-0.4, -0.2) is 10.9 Å². The van der Waals surface area contributed by atoms with Gasteiger partial charge in [0.1, 0.15) is 0 Å². The number of aromatic nitrogens is 1. The number of nitrogens with one attached hydrogen (secondary N) is 2. The summed E-state index contributed by atoms with van der Waals surface area (Å²) < 4.78 is 2.33. The van der Waals surface area contributed by atoms with E-state index in [9.17, 15) is 9.59 Å². The zero-order valence-corrected chi connectivity index (χ0v) is 14.1. The van der Waals surface area contributed by atoms with Crippen LogP contribution in [0.1, 0.15) is 10.4 Å². The molecular weight excluding hydrogens is 444 g/mol. The van der Waals surface area contributed by atoms with Crippen LogP contribution >= 0.6 is 47.8 Å². The van der Waals surface area contributed by atoms with Crippen molar-refractivity contribution in [2.24, 2.45) is 0 Å². The summed E-state index contributed by atoms with van der Waals surface area (Å²) in [6.07, 6.45) is 1.43. The Kier molecular flexibility index (Phi) is 4.59. The lowest BCUT2D eigenvalue weighted by Crippen LogP contribution is -2.16. The van der Waals surface area contributed by atoms with E-state index >= 15 is 0 Å². The molecule has 0 saturated carbocycles. The third kappa shape index (κ3) is 3.55. The van der Waals surface area contributed by atoms with Gasteiger partial charge in [-0.15, -0.1) is 0 Å². The summed E-state index contributed by atoms with van der Waals surface area (Å²) in [5.74, 6) is -0.352. The van der Waals surface area contributed by atoms with E-state index in [0.717, 1.165) is 13.4 Å². The van der Waals surface area contributed by atoms with Gasteiger partial charge in [-0.3, -0.25) is 9.59 Å². The number of benzene rings is 1. The summed E-state index contributed by atoms with van der Waals surface area (Å²) in [5, 5.41) is 2.74. The Morgan fingerprint density at radius 1 is 1.11 bits per heavy atom. The molecule has 1 amide bonds. The Balaban J connectivity index is 2.32. The average molecular weight is 451 g/mol. The van der Waals surface area contributed by atoms with Crippen LogP contribution in [0.4, 0.5) is 5.69 Å². The summed E-state index contributed by atoms with van der Waals surface area (Å²) in [6.45, 7) is 0. The molecular formula is C12H7Br3N2O2. The van der Waals surface area contributed by atoms with Crippen molar-refractivity contribution in [1.29, 1.82) is 0 Å². The second-order valence-electron chi connectivity index (χ2n) is 3.64. The van der Waals surface area contributed by atoms with Gasteiger partial charge in [0.05, 0.1) is 5.69 Å². The minimum absolute atomic E-state index is 0.297. The average Bonchev–Trinajstić information content (AvgIpc) is 2.33. The molecule has 1 aromatic heterocycles. The first-order valence-corrected chi connectivity index (χ1v) is 7.50. The van der Waals surface area contributed by atoms with Gasteiger partial charge in [0, 0.05) is 31.2 Å². The molecule has 2 rings (SSSR count). The lowest BCUT2D eigenvalue weighted by molar-refractivity contribution is 0.102. The van der Waals surface area contributed by atoms with Crippen LogP contribution in [0, 0.1) is 0 Å². The molecule has 0 bridgehead atoms. The fraction of sp³-hybridized carbons (Fsp3) is 0. The molecule has 2 aromatic rings. The second kappa shape index (κ2) is 6.02. The van der Waals surface area contributed by atoms with E-state index in [4.69, 9.17) is 0 Å². The third-order valence-electron chi connectivity index (χ3n) is 2.28. The van der Waals surface area contributed by atoms with Gasteiger partial charge in [0.25, 0.3) is 5.91 Å².